The van der Waals surface area contributed by atoms with Gasteiger partial charge in [-0.2, -0.15) is 5.10 Å². The number of carbonyl (C=O) groups excluding carboxylic acids is 1. The average molecular weight is 267 g/mol. The zero-order valence-corrected chi connectivity index (χ0v) is 10.8. The summed E-state index contributed by atoms with van der Waals surface area (Å²) in [5.74, 6) is -0.591. The number of benzene rings is 1. The van der Waals surface area contributed by atoms with Crippen molar-refractivity contribution in [3.63, 3.8) is 0 Å². The van der Waals surface area contributed by atoms with Gasteiger partial charge in [0, 0.05) is 19.7 Å². The first kappa shape index (κ1) is 12.8. The third-order valence-electron chi connectivity index (χ3n) is 2.66. The third kappa shape index (κ3) is 2.59. The summed E-state index contributed by atoms with van der Waals surface area (Å²) in [6.07, 6.45) is 1.81. The molecule has 0 atom stereocenters. The number of ketones is 1. The van der Waals surface area contributed by atoms with Crippen LogP contribution in [0.25, 0.3) is 0 Å². The van der Waals surface area contributed by atoms with E-state index in [1.54, 1.807) is 30.9 Å². The fourth-order valence-electron chi connectivity index (χ4n) is 1.80. The van der Waals surface area contributed by atoms with Crippen LogP contribution in [0.2, 0.25) is 5.02 Å². The molecular weight excluding hydrogens is 255 g/mol. The fraction of sp³-hybridized carbons (Fsp3) is 0.231. The van der Waals surface area contributed by atoms with Crippen molar-refractivity contribution in [2.75, 3.05) is 0 Å². The number of halogens is 2. The highest BCUT2D eigenvalue weighted by Crippen LogP contribution is 2.17. The van der Waals surface area contributed by atoms with Crippen LogP contribution in [0, 0.1) is 12.7 Å². The van der Waals surface area contributed by atoms with Crippen molar-refractivity contribution in [3.05, 3.63) is 52.1 Å². The summed E-state index contributed by atoms with van der Waals surface area (Å²) in [5.41, 5.74) is 1.84. The largest absolute Gasteiger partial charge is 0.294 e. The summed E-state index contributed by atoms with van der Waals surface area (Å²) < 4.78 is 14.8. The normalized spacial score (nSPS) is 10.7. The molecule has 18 heavy (non-hydrogen) atoms. The van der Waals surface area contributed by atoms with E-state index in [9.17, 15) is 9.18 Å². The summed E-state index contributed by atoms with van der Waals surface area (Å²) in [4.78, 5) is 12.0. The molecule has 0 N–H and O–H groups in total. The number of Topliss-reactive ketones (excluding diaryl/α,β-unsaturated/α-hetero) is 1. The molecule has 1 heterocycles. The Kier molecular flexibility index (Phi) is 3.48. The molecule has 0 unspecified atom stereocenters. The van der Waals surface area contributed by atoms with Crippen LogP contribution in [-0.4, -0.2) is 15.6 Å². The molecule has 0 radical (unpaired) electrons. The summed E-state index contributed by atoms with van der Waals surface area (Å²) in [5, 5.41) is 4.17. The molecule has 0 aliphatic heterocycles. The zero-order valence-electron chi connectivity index (χ0n) is 10.1. The standard InChI is InChI=1S/C13H12ClFN2O/c1-8-10(7-17(2)16-8)13(18)6-9-3-4-11(14)12(15)5-9/h3-5,7H,6H2,1-2H3. The Morgan fingerprint density at radius 3 is 2.78 bits per heavy atom. The predicted octanol–water partition coefficient (Wildman–Crippen LogP) is 2.95. The highest BCUT2D eigenvalue weighted by molar-refractivity contribution is 6.30. The maximum Gasteiger partial charge on any atom is 0.170 e. The number of carbonyl (C=O) groups is 1. The SMILES string of the molecule is Cc1nn(C)cc1C(=O)Cc1ccc(Cl)c(F)c1. The number of hydrogen-bond donors (Lipinski definition) is 0. The smallest absolute Gasteiger partial charge is 0.170 e. The van der Waals surface area contributed by atoms with Crippen LogP contribution in [0.4, 0.5) is 4.39 Å². The van der Waals surface area contributed by atoms with E-state index in [1.165, 1.54) is 12.1 Å². The minimum atomic E-state index is -0.509. The van der Waals surface area contributed by atoms with Gasteiger partial charge in [-0.05, 0) is 24.6 Å². The van der Waals surface area contributed by atoms with Crippen LogP contribution in [-0.2, 0) is 13.5 Å². The molecule has 0 saturated heterocycles. The van der Waals surface area contributed by atoms with Crippen molar-refractivity contribution < 1.29 is 9.18 Å². The minimum Gasteiger partial charge on any atom is -0.294 e. The molecule has 2 rings (SSSR count). The van der Waals surface area contributed by atoms with E-state index in [2.05, 4.69) is 5.10 Å². The molecule has 2 aromatic rings. The van der Waals surface area contributed by atoms with Gasteiger partial charge in [-0.1, -0.05) is 17.7 Å². The number of nitrogens with zero attached hydrogens (tertiary/aromatic N) is 2. The van der Waals surface area contributed by atoms with Gasteiger partial charge in [-0.25, -0.2) is 4.39 Å². The van der Waals surface area contributed by atoms with Crippen LogP contribution in [0.5, 0.6) is 0 Å². The lowest BCUT2D eigenvalue weighted by atomic mass is 10.0. The molecule has 0 aliphatic carbocycles. The molecule has 0 bridgehead atoms. The molecule has 5 heteroatoms. The average Bonchev–Trinajstić information content (AvgIpc) is 2.63. The predicted molar refractivity (Wildman–Crippen MR) is 67.4 cm³/mol. The number of aryl methyl sites for hydroxylation is 2. The summed E-state index contributed by atoms with van der Waals surface area (Å²) in [6.45, 7) is 1.77. The second-order valence-corrected chi connectivity index (χ2v) is 4.56. The van der Waals surface area contributed by atoms with E-state index in [1.807, 2.05) is 0 Å². The van der Waals surface area contributed by atoms with E-state index >= 15 is 0 Å². The van der Waals surface area contributed by atoms with E-state index in [0.717, 1.165) is 0 Å². The van der Waals surface area contributed by atoms with Gasteiger partial charge < -0.3 is 0 Å². The van der Waals surface area contributed by atoms with Crippen molar-refractivity contribution in [1.29, 1.82) is 0 Å². The van der Waals surface area contributed by atoms with Gasteiger partial charge in [0.1, 0.15) is 5.82 Å². The van der Waals surface area contributed by atoms with Crippen LogP contribution in [0.15, 0.2) is 24.4 Å². The van der Waals surface area contributed by atoms with Crippen molar-refractivity contribution >= 4 is 17.4 Å². The highest BCUT2D eigenvalue weighted by Gasteiger charge is 2.13. The van der Waals surface area contributed by atoms with Crippen molar-refractivity contribution in [1.82, 2.24) is 9.78 Å². The Morgan fingerprint density at radius 1 is 1.50 bits per heavy atom. The van der Waals surface area contributed by atoms with Gasteiger partial charge in [0.05, 0.1) is 16.3 Å². The lowest BCUT2D eigenvalue weighted by Crippen LogP contribution is -2.04. The van der Waals surface area contributed by atoms with Crippen LogP contribution in [0.1, 0.15) is 21.6 Å². The maximum atomic E-state index is 13.3. The lowest BCUT2D eigenvalue weighted by molar-refractivity contribution is 0.0992. The summed E-state index contributed by atoms with van der Waals surface area (Å²) >= 11 is 5.59. The summed E-state index contributed by atoms with van der Waals surface area (Å²) in [7, 11) is 1.76. The second-order valence-electron chi connectivity index (χ2n) is 4.15. The third-order valence-corrected chi connectivity index (χ3v) is 2.97. The first-order chi connectivity index (χ1) is 8.47. The topological polar surface area (TPSA) is 34.9 Å². The highest BCUT2D eigenvalue weighted by atomic mass is 35.5. The summed E-state index contributed by atoms with van der Waals surface area (Å²) in [6, 6.07) is 4.39. The molecule has 0 spiro atoms. The Balaban J connectivity index is 2.21. The van der Waals surface area contributed by atoms with Crippen LogP contribution >= 0.6 is 11.6 Å². The molecule has 94 valence electrons. The van der Waals surface area contributed by atoms with Gasteiger partial charge in [0.15, 0.2) is 5.78 Å². The molecule has 0 saturated carbocycles. The van der Waals surface area contributed by atoms with Gasteiger partial charge in [0.2, 0.25) is 0 Å². The van der Waals surface area contributed by atoms with Gasteiger partial charge in [-0.15, -0.1) is 0 Å². The molecule has 0 fully saturated rings. The van der Waals surface area contributed by atoms with Gasteiger partial charge >= 0.3 is 0 Å². The minimum absolute atomic E-state index is 0.0590. The molecule has 0 amide bonds. The zero-order chi connectivity index (χ0) is 13.3. The van der Waals surface area contributed by atoms with Gasteiger partial charge in [0.25, 0.3) is 0 Å². The number of rotatable bonds is 3. The number of hydrogen-bond acceptors (Lipinski definition) is 2. The molecule has 1 aromatic carbocycles. The van der Waals surface area contributed by atoms with Crippen molar-refractivity contribution in [2.45, 2.75) is 13.3 Å². The Labute approximate surface area is 109 Å². The molecule has 0 aliphatic rings. The fourth-order valence-corrected chi connectivity index (χ4v) is 1.92. The maximum absolute atomic E-state index is 13.3. The molecular formula is C13H12ClFN2O. The molecule has 1 aromatic heterocycles. The van der Waals surface area contributed by atoms with Crippen molar-refractivity contribution in [2.24, 2.45) is 7.05 Å². The second kappa shape index (κ2) is 4.90. The lowest BCUT2D eigenvalue weighted by Gasteiger charge is -2.01. The Morgan fingerprint density at radius 2 is 2.22 bits per heavy atom. The van der Waals surface area contributed by atoms with E-state index in [0.29, 0.717) is 16.8 Å². The van der Waals surface area contributed by atoms with E-state index in [-0.39, 0.29) is 17.2 Å². The Bertz CT molecular complexity index is 607. The van der Waals surface area contributed by atoms with Crippen LogP contribution < -0.4 is 0 Å². The van der Waals surface area contributed by atoms with Crippen molar-refractivity contribution in [3.8, 4) is 0 Å². The van der Waals surface area contributed by atoms with E-state index in [4.69, 9.17) is 11.6 Å². The molecule has 3 nitrogen and oxygen atoms in total. The first-order valence-electron chi connectivity index (χ1n) is 5.44. The monoisotopic (exact) mass is 266 g/mol. The van der Waals surface area contributed by atoms with Crippen LogP contribution in [0.3, 0.4) is 0 Å². The Hall–Kier alpha value is -1.68. The quantitative estimate of drug-likeness (QED) is 0.801. The first-order valence-corrected chi connectivity index (χ1v) is 5.82. The number of aromatic nitrogens is 2. The van der Waals surface area contributed by atoms with Gasteiger partial charge in [-0.3, -0.25) is 9.48 Å². The van der Waals surface area contributed by atoms with E-state index < -0.39 is 5.82 Å².